The molecule has 8 nitrogen and oxygen atoms in total. The molecule has 78 valence electrons. The Kier molecular flexibility index (Phi) is 32.8. The van der Waals surface area contributed by atoms with Gasteiger partial charge < -0.3 is 34.5 Å². The van der Waals surface area contributed by atoms with E-state index in [1.807, 2.05) is 0 Å². The molecule has 0 bridgehead atoms. The van der Waals surface area contributed by atoms with Crippen LogP contribution in [0.15, 0.2) is 0 Å². The second-order valence-electron chi connectivity index (χ2n) is 1.73. The summed E-state index contributed by atoms with van der Waals surface area (Å²) in [5.74, 6) is -2.73. The van der Waals surface area contributed by atoms with Gasteiger partial charge in [-0.3, -0.25) is 4.57 Å². The first-order valence-electron chi connectivity index (χ1n) is 2.79. The van der Waals surface area contributed by atoms with Gasteiger partial charge in [0.25, 0.3) is 7.82 Å². The van der Waals surface area contributed by atoms with Gasteiger partial charge >= 0.3 is 88.7 Å². The van der Waals surface area contributed by atoms with E-state index in [9.17, 15) is 19.8 Å². The molecule has 0 aliphatic carbocycles. The first-order valence-corrected chi connectivity index (χ1v) is 4.32. The first kappa shape index (κ1) is 30.8. The smallest absolute Gasteiger partial charge is 0.756 e. The van der Waals surface area contributed by atoms with Gasteiger partial charge in [-0.05, 0) is 12.8 Å². The van der Waals surface area contributed by atoms with Gasteiger partial charge in [0, 0.05) is 11.9 Å². The van der Waals surface area contributed by atoms with E-state index < -0.39 is 32.6 Å². The number of hydrogen-bond donors (Lipinski definition) is 2. The van der Waals surface area contributed by atoms with Crippen LogP contribution in [0.1, 0.15) is 12.8 Å². The quantitative estimate of drug-likeness (QED) is 0.381. The van der Waals surface area contributed by atoms with Crippen molar-refractivity contribution in [2.45, 2.75) is 12.8 Å². The number of phosphoric acid groups is 1. The van der Waals surface area contributed by atoms with E-state index >= 15 is 0 Å². The topological polar surface area (TPSA) is 161 Å². The van der Waals surface area contributed by atoms with Crippen molar-refractivity contribution in [2.24, 2.45) is 0 Å². The summed E-state index contributed by atoms with van der Waals surface area (Å²) in [5.41, 5.74) is 0. The molecule has 0 aromatic carbocycles. The molecule has 0 saturated heterocycles. The van der Waals surface area contributed by atoms with Crippen LogP contribution in [0.5, 0.6) is 0 Å². The van der Waals surface area contributed by atoms with Gasteiger partial charge in [0.15, 0.2) is 0 Å². The van der Waals surface area contributed by atoms with Crippen molar-refractivity contribution in [2.75, 3.05) is 0 Å². The van der Waals surface area contributed by atoms with Crippen LogP contribution < -0.4 is 104 Å². The molecule has 2 N–H and O–H groups in total. The van der Waals surface area contributed by atoms with E-state index in [1.165, 1.54) is 0 Å². The number of aliphatic carboxylic acids is 2. The van der Waals surface area contributed by atoms with Crippen molar-refractivity contribution in [3.63, 3.8) is 0 Å². The summed E-state index contributed by atoms with van der Waals surface area (Å²) in [5, 5.41) is 19.0. The minimum absolute atomic E-state index is 0. The Bertz CT molecular complexity index is 205. The van der Waals surface area contributed by atoms with E-state index in [1.54, 1.807) is 0 Å². The Hall–Kier alpha value is 2.05. The molecule has 0 spiro atoms. The molecule has 0 atom stereocenters. The monoisotopic (exact) mass is 282 g/mol. The van der Waals surface area contributed by atoms with Gasteiger partial charge in [0.05, 0.1) is 0 Å². The van der Waals surface area contributed by atoms with Crippen LogP contribution in [-0.2, 0) is 14.2 Å². The Balaban J connectivity index is -0.0000000454. The summed E-state index contributed by atoms with van der Waals surface area (Å²) in [4.78, 5) is 41.9. The van der Waals surface area contributed by atoms with Gasteiger partial charge in [-0.15, -0.1) is 0 Å². The molecule has 0 aromatic heterocycles. The molecule has 0 aliphatic heterocycles. The van der Waals surface area contributed by atoms with Crippen molar-refractivity contribution in [1.82, 2.24) is 0 Å². The van der Waals surface area contributed by atoms with Crippen LogP contribution in [0.2, 0.25) is 0 Å². The van der Waals surface area contributed by atoms with Gasteiger partial charge in [-0.2, -0.15) is 0 Å². The first-order chi connectivity index (χ1) is 5.63. The van der Waals surface area contributed by atoms with Gasteiger partial charge in [-0.1, -0.05) is 0 Å². The van der Waals surface area contributed by atoms with E-state index in [2.05, 4.69) is 0 Å². The maximum Gasteiger partial charge on any atom is 1.00 e. The number of carboxylic acids is 2. The predicted octanol–water partition coefficient (Wildman–Crippen LogP) is -13.3. The van der Waals surface area contributed by atoms with E-state index in [4.69, 9.17) is 19.2 Å². The maximum atomic E-state index is 9.50. The average molecular weight is 282 g/mol. The van der Waals surface area contributed by atoms with Crippen LogP contribution in [0.4, 0.5) is 0 Å². The maximum absolute atomic E-state index is 9.50. The van der Waals surface area contributed by atoms with Crippen molar-refractivity contribution in [3.8, 4) is 0 Å². The molecule has 16 heavy (non-hydrogen) atoms. The molecule has 0 heterocycles. The molecular formula is C4H6Na3O8P. The second-order valence-corrected chi connectivity index (χ2v) is 2.72. The molecule has 0 saturated carbocycles. The Morgan fingerprint density at radius 3 is 1.12 bits per heavy atom. The van der Waals surface area contributed by atoms with Crippen LogP contribution in [0.25, 0.3) is 0 Å². The Morgan fingerprint density at radius 1 is 0.938 bits per heavy atom. The van der Waals surface area contributed by atoms with Crippen molar-refractivity contribution < 1.29 is 128 Å². The number of rotatable bonds is 3. The number of hydrogen-bond acceptors (Lipinski definition) is 6. The number of carbonyl (C=O) groups is 2. The fourth-order valence-electron chi connectivity index (χ4n) is 0.204. The zero-order chi connectivity index (χ0) is 11.1. The van der Waals surface area contributed by atoms with E-state index in [-0.39, 0.29) is 88.7 Å². The zero-order valence-corrected chi connectivity index (χ0v) is 16.1. The molecule has 0 unspecified atom stereocenters. The minimum Gasteiger partial charge on any atom is -0.756 e. The molecule has 0 rings (SSSR count). The summed E-state index contributed by atoms with van der Waals surface area (Å²) >= 11 is 0. The summed E-state index contributed by atoms with van der Waals surface area (Å²) in [7, 11) is -4.89. The fraction of sp³-hybridized carbons (Fsp3) is 0.500. The normalized spacial score (nSPS) is 7.94. The summed E-state index contributed by atoms with van der Waals surface area (Å²) in [6.45, 7) is 0. The van der Waals surface area contributed by atoms with Crippen molar-refractivity contribution in [3.05, 3.63) is 0 Å². The molecule has 0 radical (unpaired) electrons. The molecular weight excluding hydrogens is 276 g/mol. The minimum atomic E-state index is -4.89. The van der Waals surface area contributed by atoms with Crippen LogP contribution in [-0.4, -0.2) is 21.7 Å². The van der Waals surface area contributed by atoms with Gasteiger partial charge in [0.1, 0.15) is 0 Å². The summed E-state index contributed by atoms with van der Waals surface area (Å²) < 4.78 is 8.77. The SMILES string of the molecule is O=C([O-])CCC(=O)[O-].O=P([O-])(O)O.[Na+].[Na+].[Na+]. The van der Waals surface area contributed by atoms with Crippen molar-refractivity contribution >= 4 is 19.8 Å². The molecule has 0 aliphatic rings. The molecule has 0 aromatic rings. The van der Waals surface area contributed by atoms with Crippen LogP contribution in [0.3, 0.4) is 0 Å². The van der Waals surface area contributed by atoms with Gasteiger partial charge in [0.2, 0.25) is 0 Å². The fourth-order valence-corrected chi connectivity index (χ4v) is 0.204. The predicted molar refractivity (Wildman–Crippen MR) is 31.3 cm³/mol. The molecule has 0 amide bonds. The summed E-state index contributed by atoms with van der Waals surface area (Å²) in [6.07, 6.45) is -0.940. The number of carboxylic acid groups (broad SMARTS) is 2. The van der Waals surface area contributed by atoms with Crippen LogP contribution in [0, 0.1) is 0 Å². The third-order valence-electron chi connectivity index (χ3n) is 0.533. The Labute approximate surface area is 158 Å². The average Bonchev–Trinajstić information content (AvgIpc) is 1.79. The zero-order valence-electron chi connectivity index (χ0n) is 9.21. The third-order valence-corrected chi connectivity index (χ3v) is 0.533. The van der Waals surface area contributed by atoms with Gasteiger partial charge in [-0.25, -0.2) is 0 Å². The number of carbonyl (C=O) groups excluding carboxylic acids is 2. The molecule has 0 fully saturated rings. The standard InChI is InChI=1S/C4H6O4.3Na.H3O4P/c5-3(6)1-2-4(7)8;;;;1-5(2,3)4/h1-2H2,(H,5,6)(H,7,8);;;;(H3,1,2,3,4)/q;3*+1;/p-3. The summed E-state index contributed by atoms with van der Waals surface area (Å²) in [6, 6.07) is 0. The van der Waals surface area contributed by atoms with Crippen LogP contribution >= 0.6 is 7.82 Å². The molecule has 12 heteroatoms. The van der Waals surface area contributed by atoms with Crippen molar-refractivity contribution in [1.29, 1.82) is 0 Å². The van der Waals surface area contributed by atoms with E-state index in [0.717, 1.165) is 0 Å². The van der Waals surface area contributed by atoms with E-state index in [0.29, 0.717) is 0 Å². The second kappa shape index (κ2) is 17.1. The largest absolute Gasteiger partial charge is 1.00 e. The Morgan fingerprint density at radius 2 is 1.06 bits per heavy atom. The third kappa shape index (κ3) is 73.1.